The van der Waals surface area contributed by atoms with E-state index in [1.807, 2.05) is 54.6 Å². The molecule has 0 bridgehead atoms. The van der Waals surface area contributed by atoms with Crippen molar-refractivity contribution in [3.05, 3.63) is 83.2 Å². The van der Waals surface area contributed by atoms with Gasteiger partial charge in [-0.3, -0.25) is 14.6 Å². The maximum atomic E-state index is 13.0. The Labute approximate surface area is 166 Å². The van der Waals surface area contributed by atoms with Crippen molar-refractivity contribution in [2.75, 3.05) is 10.7 Å². The number of nitrogens with one attached hydrogen (secondary N) is 1. The van der Waals surface area contributed by atoms with Crippen LogP contribution in [0, 0.1) is 0 Å². The van der Waals surface area contributed by atoms with Gasteiger partial charge in [0.25, 0.3) is 6.17 Å². The van der Waals surface area contributed by atoms with E-state index in [1.165, 1.54) is 18.7 Å². The molecule has 1 aliphatic heterocycles. The largest absolute Gasteiger partial charge is 0.325 e. The minimum Gasteiger partial charge on any atom is -0.291 e. The van der Waals surface area contributed by atoms with Gasteiger partial charge in [-0.25, -0.2) is 4.90 Å². The number of amides is 1. The fourth-order valence-corrected chi connectivity index (χ4v) is 4.03. The molecule has 1 N–H and O–H groups in total. The maximum Gasteiger partial charge on any atom is 0.325 e. The molecule has 2 aromatic carbocycles. The van der Waals surface area contributed by atoms with Crippen molar-refractivity contribution in [1.29, 1.82) is 0 Å². The van der Waals surface area contributed by atoms with Gasteiger partial charge in [-0.1, -0.05) is 60.3 Å². The molecule has 28 heavy (non-hydrogen) atoms. The van der Waals surface area contributed by atoms with Gasteiger partial charge in [0.2, 0.25) is 11.1 Å². The fourth-order valence-electron chi connectivity index (χ4n) is 3.44. The van der Waals surface area contributed by atoms with Crippen LogP contribution in [0.1, 0.15) is 18.7 Å². The topological polar surface area (TPSA) is 69.9 Å². The number of anilines is 1. The molecule has 0 spiro atoms. The van der Waals surface area contributed by atoms with Gasteiger partial charge in [0.05, 0.1) is 11.3 Å². The molecular weight excluding hydrogens is 372 g/mol. The average Bonchev–Trinajstić information content (AvgIpc) is 2.71. The fraction of sp³-hybridized carbons (Fsp3) is 0.143. The molecule has 0 fully saturated rings. The molecule has 1 amide bonds. The highest BCUT2D eigenvalue weighted by Crippen LogP contribution is 2.37. The first-order valence-electron chi connectivity index (χ1n) is 8.86. The lowest BCUT2D eigenvalue weighted by atomic mass is 10.0. The number of carbonyl (C=O) groups is 1. The third-order valence-corrected chi connectivity index (χ3v) is 5.39. The molecule has 6 nitrogen and oxygen atoms in total. The predicted octanol–water partition coefficient (Wildman–Crippen LogP) is 2.92. The van der Waals surface area contributed by atoms with E-state index < -0.39 is 6.17 Å². The Bertz CT molecular complexity index is 1110. The number of carbonyl (C=O) groups excluding carboxylic acids is 1. The molecule has 1 atom stereocenters. The Morgan fingerprint density at radius 3 is 2.68 bits per heavy atom. The van der Waals surface area contributed by atoms with E-state index in [2.05, 4.69) is 16.7 Å². The number of nitrogens with zero attached hydrogens (tertiary/aromatic N) is 3. The van der Waals surface area contributed by atoms with E-state index in [9.17, 15) is 9.59 Å². The van der Waals surface area contributed by atoms with Crippen LogP contribution in [0.25, 0.3) is 11.3 Å². The van der Waals surface area contributed by atoms with Gasteiger partial charge in [0.1, 0.15) is 0 Å². The van der Waals surface area contributed by atoms with E-state index in [0.29, 0.717) is 27.9 Å². The number of hydrogen-bond acceptors (Lipinski definition) is 4. The molecule has 2 heterocycles. The van der Waals surface area contributed by atoms with Gasteiger partial charge in [-0.2, -0.15) is 0 Å². The van der Waals surface area contributed by atoms with E-state index in [1.54, 1.807) is 15.7 Å². The van der Waals surface area contributed by atoms with Crippen LogP contribution in [0.15, 0.2) is 77.2 Å². The van der Waals surface area contributed by atoms with Crippen molar-refractivity contribution in [3.8, 4) is 11.3 Å². The molecule has 4 rings (SSSR count). The quantitative estimate of drug-likeness (QED) is 0.422. The molecule has 3 aromatic rings. The predicted molar refractivity (Wildman–Crippen MR) is 109 cm³/mol. The SMILES string of the molecule is C=CCSc1n[n+]2c(c(=O)[nH]1)-c1ccccc1N(C(C)=O)[C@@H]2c1ccccc1. The summed E-state index contributed by atoms with van der Waals surface area (Å²) in [5.41, 5.74) is 2.45. The minimum absolute atomic E-state index is 0.123. The van der Waals surface area contributed by atoms with Crippen LogP contribution in [0.3, 0.4) is 0 Å². The lowest BCUT2D eigenvalue weighted by Crippen LogP contribution is -2.60. The molecule has 7 heteroatoms. The molecular formula is C21H19N4O2S+. The van der Waals surface area contributed by atoms with Crippen molar-refractivity contribution >= 4 is 23.4 Å². The summed E-state index contributed by atoms with van der Waals surface area (Å²) in [5, 5.41) is 5.17. The van der Waals surface area contributed by atoms with Crippen LogP contribution in [0.2, 0.25) is 0 Å². The minimum atomic E-state index is -0.547. The first-order chi connectivity index (χ1) is 13.6. The van der Waals surface area contributed by atoms with E-state index >= 15 is 0 Å². The summed E-state index contributed by atoms with van der Waals surface area (Å²) in [6.07, 6.45) is 1.20. The molecule has 1 aliphatic rings. The van der Waals surface area contributed by atoms with Crippen LogP contribution in [-0.4, -0.2) is 21.7 Å². The third-order valence-electron chi connectivity index (χ3n) is 4.53. The van der Waals surface area contributed by atoms with Gasteiger partial charge in [-0.15, -0.1) is 6.58 Å². The Morgan fingerprint density at radius 1 is 1.25 bits per heavy atom. The average molecular weight is 391 g/mol. The zero-order chi connectivity index (χ0) is 19.7. The smallest absolute Gasteiger partial charge is 0.291 e. The standard InChI is InChI=1S/C21H18N4O2S/c1-3-13-28-21-22-19(27)18-16-11-7-8-12-17(16)24(14(2)26)20(25(18)23-21)15-9-5-4-6-10-15/h3-12,20H,1,13H2,2H3/p+1/t20-/m0/s1. The van der Waals surface area contributed by atoms with Crippen molar-refractivity contribution in [2.24, 2.45) is 0 Å². The number of thioether (sulfide) groups is 1. The molecule has 0 saturated heterocycles. The normalized spacial score (nSPS) is 14.9. The lowest BCUT2D eigenvalue weighted by Gasteiger charge is -2.31. The van der Waals surface area contributed by atoms with E-state index in [-0.39, 0.29) is 11.5 Å². The van der Waals surface area contributed by atoms with E-state index in [4.69, 9.17) is 0 Å². The molecule has 1 aromatic heterocycles. The van der Waals surface area contributed by atoms with E-state index in [0.717, 1.165) is 5.56 Å². The summed E-state index contributed by atoms with van der Waals surface area (Å²) < 4.78 is 1.66. The number of aromatic nitrogens is 3. The second kappa shape index (κ2) is 7.44. The highest BCUT2D eigenvalue weighted by atomic mass is 32.2. The summed E-state index contributed by atoms with van der Waals surface area (Å²) in [4.78, 5) is 30.2. The van der Waals surface area contributed by atoms with Crippen molar-refractivity contribution in [1.82, 2.24) is 10.1 Å². The summed E-state index contributed by atoms with van der Waals surface area (Å²) >= 11 is 1.39. The van der Waals surface area contributed by atoms with Gasteiger partial charge < -0.3 is 0 Å². The number of rotatable bonds is 4. The lowest BCUT2D eigenvalue weighted by molar-refractivity contribution is -0.763. The molecule has 140 valence electrons. The second-order valence-corrected chi connectivity index (χ2v) is 7.35. The number of fused-ring (bicyclic) bond motifs is 3. The van der Waals surface area contributed by atoms with Crippen LogP contribution in [-0.2, 0) is 4.79 Å². The summed E-state index contributed by atoms with van der Waals surface area (Å²) in [6.45, 7) is 5.24. The maximum absolute atomic E-state index is 13.0. The molecule has 0 unspecified atom stereocenters. The van der Waals surface area contributed by atoms with Crippen molar-refractivity contribution < 1.29 is 9.48 Å². The summed E-state index contributed by atoms with van der Waals surface area (Å²) in [6, 6.07) is 17.0. The molecule has 0 aliphatic carbocycles. The first kappa shape index (κ1) is 18.2. The number of benzene rings is 2. The van der Waals surface area contributed by atoms with Crippen LogP contribution in [0.4, 0.5) is 5.69 Å². The van der Waals surface area contributed by atoms with Gasteiger partial charge in [-0.05, 0) is 16.8 Å². The monoisotopic (exact) mass is 391 g/mol. The molecule has 0 radical (unpaired) electrons. The third kappa shape index (κ3) is 3.03. The van der Waals surface area contributed by atoms with Crippen molar-refractivity contribution in [3.63, 3.8) is 0 Å². The van der Waals surface area contributed by atoms with Gasteiger partial charge in [0.15, 0.2) is 0 Å². The van der Waals surface area contributed by atoms with Gasteiger partial charge in [0, 0.05) is 23.3 Å². The highest BCUT2D eigenvalue weighted by Gasteiger charge is 2.44. The second-order valence-electron chi connectivity index (χ2n) is 6.34. The van der Waals surface area contributed by atoms with Crippen LogP contribution < -0.4 is 15.1 Å². The number of aromatic amines is 1. The Balaban J connectivity index is 2.03. The zero-order valence-electron chi connectivity index (χ0n) is 15.3. The Morgan fingerprint density at radius 2 is 1.96 bits per heavy atom. The number of para-hydroxylation sites is 1. The van der Waals surface area contributed by atoms with Crippen molar-refractivity contribution in [2.45, 2.75) is 18.2 Å². The van der Waals surface area contributed by atoms with Crippen LogP contribution in [0.5, 0.6) is 0 Å². The summed E-state index contributed by atoms with van der Waals surface area (Å²) in [7, 11) is 0. The zero-order valence-corrected chi connectivity index (χ0v) is 16.1. The Hall–Kier alpha value is -3.19. The Kier molecular flexibility index (Phi) is 4.83. The van der Waals surface area contributed by atoms with Crippen LogP contribution >= 0.6 is 11.8 Å². The molecule has 0 saturated carbocycles. The summed E-state index contributed by atoms with van der Waals surface area (Å²) in [5.74, 6) is 0.493. The number of hydrogen-bond donors (Lipinski definition) is 1. The van der Waals surface area contributed by atoms with Gasteiger partial charge >= 0.3 is 11.3 Å². The number of H-pyrrole nitrogens is 1. The first-order valence-corrected chi connectivity index (χ1v) is 9.84. The highest BCUT2D eigenvalue weighted by molar-refractivity contribution is 7.99.